The summed E-state index contributed by atoms with van der Waals surface area (Å²) in [5.41, 5.74) is 9.78. The van der Waals surface area contributed by atoms with Crippen molar-refractivity contribution in [1.29, 1.82) is 0 Å². The van der Waals surface area contributed by atoms with E-state index in [1.54, 1.807) is 0 Å². The number of rotatable bonds is 3. The predicted octanol–water partition coefficient (Wildman–Crippen LogP) is 11.3. The number of imidazole rings is 1. The van der Waals surface area contributed by atoms with Gasteiger partial charge in [-0.05, 0) is 82.6 Å². The van der Waals surface area contributed by atoms with Crippen LogP contribution in [-0.2, 0) is 0 Å². The fraction of sp³-hybridized carbons (Fsp3) is 0. The standard InChI is InChI=1S/C41H24N2O2/c1-2-8-27-23-29(14-13-25(27)7-1)41-42-35-10-4-5-11-36(35)43(41)30-18-15-26(16-19-30)28-17-22-38-34(24-28)33-21-20-32-31-9-3-6-12-37(31)44-39(32)40(33)45-38/h1-24H. The van der Waals surface area contributed by atoms with Crippen molar-refractivity contribution in [3.63, 3.8) is 0 Å². The van der Waals surface area contributed by atoms with E-state index >= 15 is 0 Å². The Morgan fingerprint density at radius 2 is 1.11 bits per heavy atom. The molecule has 0 N–H and O–H groups in total. The van der Waals surface area contributed by atoms with Crippen molar-refractivity contribution in [2.75, 3.05) is 0 Å². The van der Waals surface area contributed by atoms with E-state index in [0.717, 1.165) is 83.1 Å². The van der Waals surface area contributed by atoms with Crippen LogP contribution >= 0.6 is 0 Å². The molecule has 3 heterocycles. The number of furan rings is 2. The van der Waals surface area contributed by atoms with E-state index in [9.17, 15) is 0 Å². The maximum atomic E-state index is 6.37. The van der Waals surface area contributed by atoms with Crippen LogP contribution in [0.15, 0.2) is 154 Å². The minimum absolute atomic E-state index is 0.791. The molecule has 10 aromatic rings. The molecule has 0 atom stereocenters. The topological polar surface area (TPSA) is 44.1 Å². The van der Waals surface area contributed by atoms with E-state index in [4.69, 9.17) is 13.8 Å². The Labute approximate surface area is 257 Å². The van der Waals surface area contributed by atoms with Gasteiger partial charge in [0.25, 0.3) is 0 Å². The zero-order valence-electron chi connectivity index (χ0n) is 24.1. The van der Waals surface area contributed by atoms with Crippen LogP contribution in [0.25, 0.3) is 93.9 Å². The molecule has 0 spiro atoms. The lowest BCUT2D eigenvalue weighted by Gasteiger charge is -2.11. The van der Waals surface area contributed by atoms with Gasteiger partial charge in [-0.3, -0.25) is 4.57 Å². The third-order valence-corrected chi connectivity index (χ3v) is 9.01. The summed E-state index contributed by atoms with van der Waals surface area (Å²) in [4.78, 5) is 5.08. The highest BCUT2D eigenvalue weighted by Gasteiger charge is 2.17. The number of hydrogen-bond acceptors (Lipinski definition) is 3. The van der Waals surface area contributed by atoms with E-state index in [0.29, 0.717) is 0 Å². The Kier molecular flexibility index (Phi) is 4.96. The maximum Gasteiger partial charge on any atom is 0.178 e. The smallest absolute Gasteiger partial charge is 0.178 e. The summed E-state index contributed by atoms with van der Waals surface area (Å²) in [5, 5.41) is 6.73. The average molecular weight is 577 g/mol. The van der Waals surface area contributed by atoms with Crippen LogP contribution in [0, 0.1) is 0 Å². The largest absolute Gasteiger partial charge is 0.452 e. The molecule has 45 heavy (non-hydrogen) atoms. The Morgan fingerprint density at radius 3 is 1.98 bits per heavy atom. The van der Waals surface area contributed by atoms with Crippen LogP contribution in [0.5, 0.6) is 0 Å². The van der Waals surface area contributed by atoms with Crippen molar-refractivity contribution in [2.45, 2.75) is 0 Å². The van der Waals surface area contributed by atoms with Gasteiger partial charge < -0.3 is 8.83 Å². The second kappa shape index (κ2) is 9.18. The molecule has 0 saturated heterocycles. The first-order chi connectivity index (χ1) is 22.3. The molecule has 0 aliphatic heterocycles. The minimum Gasteiger partial charge on any atom is -0.452 e. The van der Waals surface area contributed by atoms with Gasteiger partial charge in [-0.15, -0.1) is 0 Å². The quantitative estimate of drug-likeness (QED) is 0.210. The van der Waals surface area contributed by atoms with Gasteiger partial charge in [0.05, 0.1) is 11.0 Å². The summed E-state index contributed by atoms with van der Waals surface area (Å²) in [6.45, 7) is 0. The molecule has 10 rings (SSSR count). The van der Waals surface area contributed by atoms with Crippen molar-refractivity contribution in [2.24, 2.45) is 0 Å². The second-order valence-corrected chi connectivity index (χ2v) is 11.6. The number of hydrogen-bond donors (Lipinski definition) is 0. The summed E-state index contributed by atoms with van der Waals surface area (Å²) >= 11 is 0. The number of fused-ring (bicyclic) bond motifs is 9. The van der Waals surface area contributed by atoms with Gasteiger partial charge in [0.1, 0.15) is 17.0 Å². The molecule has 0 bridgehead atoms. The predicted molar refractivity (Wildman–Crippen MR) is 184 cm³/mol. The Hall–Kier alpha value is -6.13. The molecule has 0 aliphatic carbocycles. The molecule has 0 aliphatic rings. The van der Waals surface area contributed by atoms with Gasteiger partial charge in [0.2, 0.25) is 0 Å². The summed E-state index contributed by atoms with van der Waals surface area (Å²) < 4.78 is 14.9. The van der Waals surface area contributed by atoms with Crippen molar-refractivity contribution >= 4 is 65.7 Å². The Balaban J connectivity index is 1.09. The third kappa shape index (κ3) is 3.63. The first kappa shape index (κ1) is 24.3. The highest BCUT2D eigenvalue weighted by atomic mass is 16.4. The molecule has 4 nitrogen and oxygen atoms in total. The van der Waals surface area contributed by atoms with E-state index in [1.807, 2.05) is 24.3 Å². The second-order valence-electron chi connectivity index (χ2n) is 11.6. The Morgan fingerprint density at radius 1 is 0.444 bits per heavy atom. The van der Waals surface area contributed by atoms with Crippen molar-refractivity contribution in [3.8, 4) is 28.2 Å². The molecule has 3 aromatic heterocycles. The molecular weight excluding hydrogens is 552 g/mol. The minimum atomic E-state index is 0.791. The number of aromatic nitrogens is 2. The molecule has 7 aromatic carbocycles. The van der Waals surface area contributed by atoms with Gasteiger partial charge in [-0.1, -0.05) is 84.9 Å². The lowest BCUT2D eigenvalue weighted by Crippen LogP contribution is -1.97. The van der Waals surface area contributed by atoms with Gasteiger partial charge in [0.15, 0.2) is 11.2 Å². The molecule has 0 saturated carbocycles. The van der Waals surface area contributed by atoms with Gasteiger partial charge in [0, 0.05) is 32.8 Å². The van der Waals surface area contributed by atoms with Crippen molar-refractivity contribution in [3.05, 3.63) is 146 Å². The van der Waals surface area contributed by atoms with E-state index in [-0.39, 0.29) is 0 Å². The van der Waals surface area contributed by atoms with Crippen LogP contribution in [-0.4, -0.2) is 9.55 Å². The molecule has 0 radical (unpaired) electrons. The molecule has 0 amide bonds. The highest BCUT2D eigenvalue weighted by molar-refractivity contribution is 6.19. The van der Waals surface area contributed by atoms with E-state index in [2.05, 4.69) is 126 Å². The number of nitrogens with zero attached hydrogens (tertiary/aromatic N) is 2. The molecule has 0 unspecified atom stereocenters. The summed E-state index contributed by atoms with van der Waals surface area (Å²) in [5.74, 6) is 0.929. The summed E-state index contributed by atoms with van der Waals surface area (Å²) in [6.07, 6.45) is 0. The van der Waals surface area contributed by atoms with E-state index in [1.165, 1.54) is 10.8 Å². The monoisotopic (exact) mass is 576 g/mol. The van der Waals surface area contributed by atoms with Crippen LogP contribution in [0.4, 0.5) is 0 Å². The third-order valence-electron chi connectivity index (χ3n) is 9.01. The fourth-order valence-corrected chi connectivity index (χ4v) is 6.81. The van der Waals surface area contributed by atoms with Crippen LogP contribution < -0.4 is 0 Å². The average Bonchev–Trinajstić information content (AvgIpc) is 3.79. The zero-order chi connectivity index (χ0) is 29.5. The normalized spacial score (nSPS) is 12.0. The zero-order valence-corrected chi connectivity index (χ0v) is 24.1. The highest BCUT2D eigenvalue weighted by Crippen LogP contribution is 2.40. The van der Waals surface area contributed by atoms with Gasteiger partial charge in [-0.25, -0.2) is 4.98 Å². The first-order valence-electron chi connectivity index (χ1n) is 15.1. The van der Waals surface area contributed by atoms with Crippen LogP contribution in [0.3, 0.4) is 0 Å². The van der Waals surface area contributed by atoms with Crippen LogP contribution in [0.1, 0.15) is 0 Å². The van der Waals surface area contributed by atoms with Crippen molar-refractivity contribution < 1.29 is 8.83 Å². The van der Waals surface area contributed by atoms with Gasteiger partial charge >= 0.3 is 0 Å². The van der Waals surface area contributed by atoms with Crippen molar-refractivity contribution in [1.82, 2.24) is 9.55 Å². The maximum absolute atomic E-state index is 6.37. The molecule has 210 valence electrons. The SMILES string of the molecule is c1ccc2cc(-c3nc4ccccc4n3-c3ccc(-c4ccc5oc6c(ccc7c8ccccc8oc76)c5c4)cc3)ccc2c1. The summed E-state index contributed by atoms with van der Waals surface area (Å²) in [7, 11) is 0. The first-order valence-corrected chi connectivity index (χ1v) is 15.1. The fourth-order valence-electron chi connectivity index (χ4n) is 6.81. The van der Waals surface area contributed by atoms with E-state index < -0.39 is 0 Å². The summed E-state index contributed by atoms with van der Waals surface area (Å²) in [6, 6.07) is 50.9. The molecular formula is C41H24N2O2. The van der Waals surface area contributed by atoms with Gasteiger partial charge in [-0.2, -0.15) is 0 Å². The lowest BCUT2D eigenvalue weighted by atomic mass is 10.0. The molecule has 4 heteroatoms. The van der Waals surface area contributed by atoms with Crippen LogP contribution in [0.2, 0.25) is 0 Å². The Bertz CT molecular complexity index is 2760. The number of para-hydroxylation sites is 3. The molecule has 0 fully saturated rings. The number of benzene rings is 7. The lowest BCUT2D eigenvalue weighted by molar-refractivity contribution is 0.633.